The van der Waals surface area contributed by atoms with Crippen molar-refractivity contribution >= 4 is 11.9 Å². The number of carbonyl (C=O) groups is 2. The van der Waals surface area contributed by atoms with Gasteiger partial charge in [-0.05, 0) is 6.42 Å². The summed E-state index contributed by atoms with van der Waals surface area (Å²) in [6.45, 7) is 5.58. The van der Waals surface area contributed by atoms with Gasteiger partial charge in [-0.15, -0.1) is 0 Å². The van der Waals surface area contributed by atoms with Gasteiger partial charge in [0.15, 0.2) is 0 Å². The zero-order chi connectivity index (χ0) is 11.8. The van der Waals surface area contributed by atoms with E-state index in [1.54, 1.807) is 0 Å². The molecule has 0 fully saturated rings. The van der Waals surface area contributed by atoms with Crippen molar-refractivity contribution in [2.45, 2.75) is 26.2 Å². The van der Waals surface area contributed by atoms with Crippen LogP contribution in [0.3, 0.4) is 0 Å². The highest BCUT2D eigenvalue weighted by atomic mass is 16.5. The molecule has 0 aromatic rings. The first-order valence-corrected chi connectivity index (χ1v) is 4.93. The summed E-state index contributed by atoms with van der Waals surface area (Å²) in [5.74, 6) is -1.57. The summed E-state index contributed by atoms with van der Waals surface area (Å²) in [6.07, 6.45) is 2.36. The molecule has 0 aromatic heterocycles. The third kappa shape index (κ3) is 4.14. The van der Waals surface area contributed by atoms with E-state index in [-0.39, 0.29) is 5.57 Å². The van der Waals surface area contributed by atoms with Crippen molar-refractivity contribution in [1.29, 1.82) is 0 Å². The van der Waals surface area contributed by atoms with E-state index >= 15 is 0 Å². The Hall–Kier alpha value is -1.32. The molecule has 4 heteroatoms. The highest BCUT2D eigenvalue weighted by Crippen LogP contribution is 2.19. The van der Waals surface area contributed by atoms with Gasteiger partial charge in [0.2, 0.25) is 0 Å². The van der Waals surface area contributed by atoms with Gasteiger partial charge >= 0.3 is 11.9 Å². The van der Waals surface area contributed by atoms with E-state index in [0.717, 1.165) is 12.8 Å². The molecule has 0 rings (SSSR count). The number of rotatable bonds is 6. The van der Waals surface area contributed by atoms with E-state index in [4.69, 9.17) is 0 Å². The number of carbonyl (C=O) groups excluding carboxylic acids is 2. The monoisotopic (exact) mass is 214 g/mol. The minimum absolute atomic E-state index is 0.165. The summed E-state index contributed by atoms with van der Waals surface area (Å²) in [5.41, 5.74) is 0.165. The average molecular weight is 214 g/mol. The van der Waals surface area contributed by atoms with Crippen LogP contribution in [-0.4, -0.2) is 26.2 Å². The van der Waals surface area contributed by atoms with Crippen LogP contribution in [-0.2, 0) is 19.1 Å². The highest BCUT2D eigenvalue weighted by Gasteiger charge is 2.26. The summed E-state index contributed by atoms with van der Waals surface area (Å²) < 4.78 is 9.14. The molecule has 1 unspecified atom stereocenters. The summed E-state index contributed by atoms with van der Waals surface area (Å²) >= 11 is 0. The molecule has 1 atom stereocenters. The predicted molar refractivity (Wildman–Crippen MR) is 56.2 cm³/mol. The molecule has 86 valence electrons. The molecule has 0 radical (unpaired) electrons. The molecule has 0 saturated carbocycles. The second-order valence-corrected chi connectivity index (χ2v) is 3.23. The van der Waals surface area contributed by atoms with Crippen molar-refractivity contribution in [3.63, 3.8) is 0 Å². The number of hydrogen-bond donors (Lipinski definition) is 0. The first kappa shape index (κ1) is 13.7. The lowest BCUT2D eigenvalue weighted by Gasteiger charge is -2.14. The molecule has 0 bridgehead atoms. The molecular weight excluding hydrogens is 196 g/mol. The van der Waals surface area contributed by atoms with Gasteiger partial charge in [-0.1, -0.05) is 26.3 Å². The Morgan fingerprint density at radius 3 is 2.27 bits per heavy atom. The minimum Gasteiger partial charge on any atom is -0.469 e. The van der Waals surface area contributed by atoms with Crippen LogP contribution in [0, 0.1) is 5.92 Å². The van der Waals surface area contributed by atoms with Crippen LogP contribution in [0.1, 0.15) is 26.2 Å². The first-order valence-electron chi connectivity index (χ1n) is 4.93. The lowest BCUT2D eigenvalue weighted by atomic mass is 9.94. The third-order valence-electron chi connectivity index (χ3n) is 2.20. The number of esters is 2. The van der Waals surface area contributed by atoms with Gasteiger partial charge in [-0.25, -0.2) is 4.79 Å². The number of unbranched alkanes of at least 4 members (excludes halogenated alkanes) is 1. The molecule has 0 saturated heterocycles. The molecule has 0 aromatic carbocycles. The smallest absolute Gasteiger partial charge is 0.334 e. The fraction of sp³-hybridized carbons (Fsp3) is 0.636. The topological polar surface area (TPSA) is 52.6 Å². The Labute approximate surface area is 90.2 Å². The first-order chi connectivity index (χ1) is 7.08. The second kappa shape index (κ2) is 7.04. The maximum Gasteiger partial charge on any atom is 0.334 e. The number of methoxy groups -OCH3 is 2. The normalized spacial score (nSPS) is 11.7. The maximum atomic E-state index is 11.4. The van der Waals surface area contributed by atoms with Crippen LogP contribution < -0.4 is 0 Å². The Balaban J connectivity index is 4.54. The lowest BCUT2D eigenvalue weighted by Crippen LogP contribution is -2.23. The molecule has 0 spiro atoms. The molecule has 0 aliphatic heterocycles. The summed E-state index contributed by atoms with van der Waals surface area (Å²) in [6, 6.07) is 0. The van der Waals surface area contributed by atoms with Gasteiger partial charge in [0, 0.05) is 5.57 Å². The van der Waals surface area contributed by atoms with Gasteiger partial charge in [-0.3, -0.25) is 4.79 Å². The van der Waals surface area contributed by atoms with E-state index < -0.39 is 17.9 Å². The largest absolute Gasteiger partial charge is 0.469 e. The second-order valence-electron chi connectivity index (χ2n) is 3.23. The standard InChI is InChI=1S/C11H18O4/c1-5-6-7-9(11(13)15-4)8(2)10(12)14-3/h9H,2,5-7H2,1,3-4H3. The van der Waals surface area contributed by atoms with Crippen molar-refractivity contribution in [2.75, 3.05) is 14.2 Å². The summed E-state index contributed by atoms with van der Waals surface area (Å²) in [7, 11) is 2.56. The highest BCUT2D eigenvalue weighted by molar-refractivity contribution is 5.94. The van der Waals surface area contributed by atoms with Gasteiger partial charge in [-0.2, -0.15) is 0 Å². The fourth-order valence-corrected chi connectivity index (χ4v) is 1.26. The molecular formula is C11H18O4. The number of ether oxygens (including phenoxy) is 2. The van der Waals surface area contributed by atoms with Crippen LogP contribution in [0.5, 0.6) is 0 Å². The van der Waals surface area contributed by atoms with Gasteiger partial charge < -0.3 is 9.47 Å². The predicted octanol–water partition coefficient (Wildman–Crippen LogP) is 1.70. The molecule has 0 N–H and O–H groups in total. The van der Waals surface area contributed by atoms with Crippen LogP contribution in [0.4, 0.5) is 0 Å². The van der Waals surface area contributed by atoms with Gasteiger partial charge in [0.05, 0.1) is 20.1 Å². The lowest BCUT2D eigenvalue weighted by molar-refractivity contribution is -0.147. The zero-order valence-corrected chi connectivity index (χ0v) is 9.54. The molecule has 0 heterocycles. The zero-order valence-electron chi connectivity index (χ0n) is 9.54. The fourth-order valence-electron chi connectivity index (χ4n) is 1.26. The molecule has 4 nitrogen and oxygen atoms in total. The minimum atomic E-state index is -0.581. The van der Waals surface area contributed by atoms with E-state index in [9.17, 15) is 9.59 Å². The quantitative estimate of drug-likeness (QED) is 0.498. The van der Waals surface area contributed by atoms with Crippen LogP contribution >= 0.6 is 0 Å². The van der Waals surface area contributed by atoms with E-state index in [2.05, 4.69) is 16.1 Å². The SMILES string of the molecule is C=C(C(=O)OC)C(CCCC)C(=O)OC. The average Bonchev–Trinajstić information content (AvgIpc) is 2.27. The molecule has 0 amide bonds. The van der Waals surface area contributed by atoms with Crippen molar-refractivity contribution in [2.24, 2.45) is 5.92 Å². The molecule has 15 heavy (non-hydrogen) atoms. The van der Waals surface area contributed by atoms with Crippen molar-refractivity contribution in [3.05, 3.63) is 12.2 Å². The number of hydrogen-bond acceptors (Lipinski definition) is 4. The van der Waals surface area contributed by atoms with Crippen molar-refractivity contribution in [1.82, 2.24) is 0 Å². The van der Waals surface area contributed by atoms with Crippen molar-refractivity contribution in [3.8, 4) is 0 Å². The van der Waals surface area contributed by atoms with Crippen LogP contribution in [0.2, 0.25) is 0 Å². The Morgan fingerprint density at radius 1 is 1.27 bits per heavy atom. The molecule has 0 aliphatic rings. The molecule has 0 aliphatic carbocycles. The van der Waals surface area contributed by atoms with Crippen LogP contribution in [0.25, 0.3) is 0 Å². The summed E-state index contributed by atoms with van der Waals surface area (Å²) in [5, 5.41) is 0. The van der Waals surface area contributed by atoms with Gasteiger partial charge in [0.1, 0.15) is 0 Å². The van der Waals surface area contributed by atoms with E-state index in [0.29, 0.717) is 6.42 Å². The van der Waals surface area contributed by atoms with Gasteiger partial charge in [0.25, 0.3) is 0 Å². The summed E-state index contributed by atoms with van der Waals surface area (Å²) in [4.78, 5) is 22.6. The Kier molecular flexibility index (Phi) is 6.42. The maximum absolute atomic E-state index is 11.4. The van der Waals surface area contributed by atoms with E-state index in [1.165, 1.54) is 14.2 Å². The Morgan fingerprint density at radius 2 is 1.87 bits per heavy atom. The van der Waals surface area contributed by atoms with Crippen molar-refractivity contribution < 1.29 is 19.1 Å². The van der Waals surface area contributed by atoms with Crippen LogP contribution in [0.15, 0.2) is 12.2 Å². The Bertz CT molecular complexity index is 245. The van der Waals surface area contributed by atoms with E-state index in [1.807, 2.05) is 6.92 Å². The third-order valence-corrected chi connectivity index (χ3v) is 2.20.